The molecule has 3 aromatic rings. The van der Waals surface area contributed by atoms with Gasteiger partial charge >= 0.3 is 0 Å². The van der Waals surface area contributed by atoms with E-state index < -0.39 is 0 Å². The van der Waals surface area contributed by atoms with Gasteiger partial charge in [0.25, 0.3) is 0 Å². The van der Waals surface area contributed by atoms with E-state index in [2.05, 4.69) is 26.5 Å². The Balaban J connectivity index is 1.77. The van der Waals surface area contributed by atoms with Crippen LogP contribution in [0.15, 0.2) is 53.0 Å². The Kier molecular flexibility index (Phi) is 5.92. The predicted octanol–water partition coefficient (Wildman–Crippen LogP) is 3.92. The molecule has 1 heterocycles. The molecule has 0 saturated heterocycles. The Hall–Kier alpha value is -2.65. The van der Waals surface area contributed by atoms with Gasteiger partial charge in [0.1, 0.15) is 12.3 Å². The van der Waals surface area contributed by atoms with Crippen molar-refractivity contribution in [1.29, 1.82) is 0 Å². The molecular formula is C18H18BrN5O2S. The van der Waals surface area contributed by atoms with Crippen molar-refractivity contribution in [2.45, 2.75) is 13.5 Å². The van der Waals surface area contributed by atoms with Crippen molar-refractivity contribution < 1.29 is 9.53 Å². The largest absolute Gasteiger partial charge is 0.494 e. The van der Waals surface area contributed by atoms with Crippen LogP contribution in [0, 0.1) is 4.77 Å². The highest BCUT2D eigenvalue weighted by atomic mass is 79.9. The standard InChI is InChI=1S/C18H18BrN5O2S/c1-2-26-15-8-6-12(7-9-15)16(25)11-23-18(27)24(17(20)22-23)21-14-5-3-4-13(19)10-14/h3-10,21H,2,11H2,1H3,(H2,20,22). The minimum atomic E-state index is -0.124. The molecule has 1 aromatic heterocycles. The van der Waals surface area contributed by atoms with Crippen LogP contribution < -0.4 is 15.9 Å². The van der Waals surface area contributed by atoms with Crippen molar-refractivity contribution in [1.82, 2.24) is 14.5 Å². The summed E-state index contributed by atoms with van der Waals surface area (Å²) in [6, 6.07) is 14.5. The molecule has 0 fully saturated rings. The molecule has 9 heteroatoms. The Bertz CT molecular complexity index is 1010. The zero-order valence-electron chi connectivity index (χ0n) is 14.6. The lowest BCUT2D eigenvalue weighted by atomic mass is 10.1. The lowest BCUT2D eigenvalue weighted by Crippen LogP contribution is -2.14. The number of carbonyl (C=O) groups excluding carboxylic acids is 1. The number of hydrogen-bond donors (Lipinski definition) is 2. The third-order valence-corrected chi connectivity index (χ3v) is 4.60. The number of benzene rings is 2. The third-order valence-electron chi connectivity index (χ3n) is 3.71. The zero-order valence-corrected chi connectivity index (χ0v) is 17.0. The molecular weight excluding hydrogens is 430 g/mol. The summed E-state index contributed by atoms with van der Waals surface area (Å²) in [4.78, 5) is 12.5. The number of nitrogens with one attached hydrogen (secondary N) is 1. The number of nitrogens with zero attached hydrogens (tertiary/aromatic N) is 3. The maximum absolute atomic E-state index is 12.5. The quantitative estimate of drug-likeness (QED) is 0.421. The van der Waals surface area contributed by atoms with Crippen LogP contribution in [0.2, 0.25) is 0 Å². The lowest BCUT2D eigenvalue weighted by Gasteiger charge is -2.08. The van der Waals surface area contributed by atoms with E-state index in [9.17, 15) is 4.79 Å². The molecule has 140 valence electrons. The summed E-state index contributed by atoms with van der Waals surface area (Å²) in [7, 11) is 0. The summed E-state index contributed by atoms with van der Waals surface area (Å²) >= 11 is 8.82. The monoisotopic (exact) mass is 447 g/mol. The third kappa shape index (κ3) is 4.55. The normalized spacial score (nSPS) is 10.6. The zero-order chi connectivity index (χ0) is 19.4. The van der Waals surface area contributed by atoms with Gasteiger partial charge in [-0.2, -0.15) is 4.68 Å². The minimum absolute atomic E-state index is 0.00974. The maximum atomic E-state index is 12.5. The van der Waals surface area contributed by atoms with Crippen molar-refractivity contribution in [3.8, 4) is 5.75 Å². The second-order valence-electron chi connectivity index (χ2n) is 5.64. The van der Waals surface area contributed by atoms with Crippen molar-refractivity contribution >= 4 is 45.6 Å². The molecule has 0 bridgehead atoms. The number of nitrogen functional groups attached to an aromatic ring is 1. The Labute approximate surface area is 169 Å². The smallest absolute Gasteiger partial charge is 0.240 e. The Morgan fingerprint density at radius 3 is 2.70 bits per heavy atom. The highest BCUT2D eigenvalue weighted by molar-refractivity contribution is 9.10. The van der Waals surface area contributed by atoms with Gasteiger partial charge in [-0.05, 0) is 61.6 Å². The van der Waals surface area contributed by atoms with Gasteiger partial charge in [0.05, 0.1) is 12.3 Å². The highest BCUT2D eigenvalue weighted by Crippen LogP contribution is 2.17. The van der Waals surface area contributed by atoms with E-state index in [0.29, 0.717) is 16.9 Å². The van der Waals surface area contributed by atoms with Crippen molar-refractivity contribution in [3.63, 3.8) is 0 Å². The maximum Gasteiger partial charge on any atom is 0.240 e. The number of ketones is 1. The first kappa shape index (κ1) is 19.1. The molecule has 0 unspecified atom stereocenters. The molecule has 0 aliphatic heterocycles. The van der Waals surface area contributed by atoms with E-state index in [-0.39, 0.29) is 18.3 Å². The van der Waals surface area contributed by atoms with Crippen LogP contribution in [0.5, 0.6) is 5.75 Å². The molecule has 0 aliphatic rings. The molecule has 3 rings (SSSR count). The van der Waals surface area contributed by atoms with Crippen LogP contribution in [0.1, 0.15) is 17.3 Å². The number of Topliss-reactive ketones (excluding diaryl/α,β-unsaturated/α-hetero) is 1. The van der Waals surface area contributed by atoms with Crippen LogP contribution in [0.4, 0.5) is 11.6 Å². The number of hydrogen-bond acceptors (Lipinski definition) is 6. The number of carbonyl (C=O) groups is 1. The first-order valence-electron chi connectivity index (χ1n) is 8.22. The van der Waals surface area contributed by atoms with Gasteiger partial charge in [-0.3, -0.25) is 10.2 Å². The molecule has 7 nitrogen and oxygen atoms in total. The summed E-state index contributed by atoms with van der Waals surface area (Å²) in [5.74, 6) is 0.762. The molecule has 2 aromatic carbocycles. The molecule has 0 spiro atoms. The average Bonchev–Trinajstić information content (AvgIpc) is 2.90. The molecule has 0 aliphatic carbocycles. The number of aromatic nitrogens is 3. The number of rotatable bonds is 7. The van der Waals surface area contributed by atoms with Crippen LogP contribution in [-0.4, -0.2) is 26.8 Å². The molecule has 0 radical (unpaired) electrons. The van der Waals surface area contributed by atoms with E-state index in [4.69, 9.17) is 22.7 Å². The topological polar surface area (TPSA) is 87.1 Å². The SMILES string of the molecule is CCOc1ccc(C(=O)Cn2nc(N)n(Nc3cccc(Br)c3)c2=S)cc1. The summed E-state index contributed by atoms with van der Waals surface area (Å²) < 4.78 is 9.45. The summed E-state index contributed by atoms with van der Waals surface area (Å²) in [6.45, 7) is 2.47. The van der Waals surface area contributed by atoms with Crippen LogP contribution in [0.3, 0.4) is 0 Å². The number of ether oxygens (including phenoxy) is 1. The van der Waals surface area contributed by atoms with Gasteiger partial charge in [-0.25, -0.2) is 4.68 Å². The van der Waals surface area contributed by atoms with E-state index in [1.54, 1.807) is 24.3 Å². The fourth-order valence-electron chi connectivity index (χ4n) is 2.45. The highest BCUT2D eigenvalue weighted by Gasteiger charge is 2.13. The fraction of sp³-hybridized carbons (Fsp3) is 0.167. The van der Waals surface area contributed by atoms with E-state index in [1.165, 1.54) is 9.36 Å². The van der Waals surface area contributed by atoms with Crippen LogP contribution in [0.25, 0.3) is 0 Å². The van der Waals surface area contributed by atoms with Gasteiger partial charge in [0.2, 0.25) is 10.7 Å². The molecule has 3 N–H and O–H groups in total. The predicted molar refractivity (Wildman–Crippen MR) is 111 cm³/mol. The van der Waals surface area contributed by atoms with Crippen LogP contribution >= 0.6 is 28.1 Å². The minimum Gasteiger partial charge on any atom is -0.494 e. The Morgan fingerprint density at radius 2 is 2.04 bits per heavy atom. The number of nitrogens with two attached hydrogens (primary N) is 1. The first-order chi connectivity index (χ1) is 13.0. The van der Waals surface area contributed by atoms with Crippen molar-refractivity contribution in [2.24, 2.45) is 0 Å². The molecule has 0 atom stereocenters. The second-order valence-corrected chi connectivity index (χ2v) is 6.92. The van der Waals surface area contributed by atoms with Gasteiger partial charge < -0.3 is 10.5 Å². The van der Waals surface area contributed by atoms with Crippen LogP contribution in [-0.2, 0) is 6.54 Å². The van der Waals surface area contributed by atoms with E-state index in [0.717, 1.165) is 15.9 Å². The van der Waals surface area contributed by atoms with Gasteiger partial charge in [0, 0.05) is 10.0 Å². The lowest BCUT2D eigenvalue weighted by molar-refractivity contribution is 0.0967. The number of halogens is 1. The summed E-state index contributed by atoms with van der Waals surface area (Å²) in [5, 5.41) is 4.17. The van der Waals surface area contributed by atoms with E-state index >= 15 is 0 Å². The molecule has 0 saturated carbocycles. The molecule has 27 heavy (non-hydrogen) atoms. The average molecular weight is 448 g/mol. The van der Waals surface area contributed by atoms with E-state index in [1.807, 2.05) is 31.2 Å². The second kappa shape index (κ2) is 8.36. The summed E-state index contributed by atoms with van der Waals surface area (Å²) in [6.07, 6.45) is 0. The van der Waals surface area contributed by atoms with Gasteiger partial charge in [0.15, 0.2) is 5.78 Å². The van der Waals surface area contributed by atoms with Gasteiger partial charge in [-0.15, -0.1) is 5.10 Å². The fourth-order valence-corrected chi connectivity index (χ4v) is 3.09. The van der Waals surface area contributed by atoms with Crippen molar-refractivity contribution in [3.05, 3.63) is 63.3 Å². The first-order valence-corrected chi connectivity index (χ1v) is 9.42. The van der Waals surface area contributed by atoms with Gasteiger partial charge in [-0.1, -0.05) is 22.0 Å². The Morgan fingerprint density at radius 1 is 1.30 bits per heavy atom. The number of anilines is 2. The molecule has 0 amide bonds. The van der Waals surface area contributed by atoms with Crippen molar-refractivity contribution in [2.75, 3.05) is 17.8 Å². The summed E-state index contributed by atoms with van der Waals surface area (Å²) in [5.41, 5.74) is 10.4.